The third-order valence-electron chi connectivity index (χ3n) is 1.03. The van der Waals surface area contributed by atoms with Gasteiger partial charge in [-0.25, -0.2) is 0 Å². The van der Waals surface area contributed by atoms with Crippen LogP contribution in [0.1, 0.15) is 6.42 Å². The second-order valence-electron chi connectivity index (χ2n) is 2.09. The highest BCUT2D eigenvalue weighted by Gasteiger charge is 2.28. The predicted octanol–water partition coefficient (Wildman–Crippen LogP) is 1.90. The molecule has 0 unspecified atom stereocenters. The van der Waals surface area contributed by atoms with E-state index in [1.165, 1.54) is 0 Å². The van der Waals surface area contributed by atoms with Crippen molar-refractivity contribution in [3.63, 3.8) is 0 Å². The molecule has 0 bridgehead atoms. The van der Waals surface area contributed by atoms with E-state index in [1.807, 2.05) is 0 Å². The Labute approximate surface area is 77.6 Å². The Morgan fingerprint density at radius 1 is 1.25 bits per heavy atom. The lowest BCUT2D eigenvalue weighted by molar-refractivity contribution is -0.323. The summed E-state index contributed by atoms with van der Waals surface area (Å²) >= 11 is 3.20. The minimum Gasteiger partial charge on any atom is -0.314 e. The Hall–Kier alpha value is 0.190. The fourth-order valence-corrected chi connectivity index (χ4v) is 0.836. The molecule has 74 valence electrons. The molecule has 0 aromatic carbocycles. The van der Waals surface area contributed by atoms with E-state index in [-0.39, 0.29) is 13.2 Å². The first-order valence-corrected chi connectivity index (χ1v) is 4.66. The maximum Gasteiger partial charge on any atom is 0.522 e. The topological polar surface area (TPSA) is 21.3 Å². The number of rotatable bonds is 6. The molecule has 0 saturated carbocycles. The lowest BCUT2D eigenvalue weighted by atomic mass is 10.5. The van der Waals surface area contributed by atoms with E-state index in [9.17, 15) is 13.2 Å². The molecule has 12 heavy (non-hydrogen) atoms. The summed E-state index contributed by atoms with van der Waals surface area (Å²) in [5.41, 5.74) is 0. The lowest BCUT2D eigenvalue weighted by Crippen LogP contribution is -2.25. The predicted molar refractivity (Wildman–Crippen MR) is 43.3 cm³/mol. The van der Waals surface area contributed by atoms with Crippen LogP contribution in [0.5, 0.6) is 0 Å². The smallest absolute Gasteiger partial charge is 0.314 e. The summed E-state index contributed by atoms with van der Waals surface area (Å²) in [5.74, 6) is 0. The SMILES string of the molecule is FC(F)(F)OCCNCCCBr. The zero-order chi connectivity index (χ0) is 9.45. The van der Waals surface area contributed by atoms with Crippen LogP contribution in [0.2, 0.25) is 0 Å². The Balaban J connectivity index is 3.01. The van der Waals surface area contributed by atoms with Crippen molar-refractivity contribution in [3.05, 3.63) is 0 Å². The molecule has 0 amide bonds. The van der Waals surface area contributed by atoms with Gasteiger partial charge in [-0.1, -0.05) is 15.9 Å². The van der Waals surface area contributed by atoms with Gasteiger partial charge in [0.1, 0.15) is 0 Å². The fraction of sp³-hybridized carbons (Fsp3) is 1.00. The van der Waals surface area contributed by atoms with Gasteiger partial charge in [0.25, 0.3) is 0 Å². The number of hydrogen-bond acceptors (Lipinski definition) is 2. The molecule has 0 aliphatic heterocycles. The minimum atomic E-state index is -4.50. The molecular weight excluding hydrogens is 239 g/mol. The van der Waals surface area contributed by atoms with Crippen molar-refractivity contribution in [2.75, 3.05) is 25.0 Å². The first kappa shape index (κ1) is 12.2. The minimum absolute atomic E-state index is 0.229. The van der Waals surface area contributed by atoms with Gasteiger partial charge in [0, 0.05) is 11.9 Å². The van der Waals surface area contributed by atoms with Crippen molar-refractivity contribution >= 4 is 15.9 Å². The molecule has 0 saturated heterocycles. The van der Waals surface area contributed by atoms with E-state index in [4.69, 9.17) is 0 Å². The highest BCUT2D eigenvalue weighted by Crippen LogP contribution is 2.14. The third kappa shape index (κ3) is 10.2. The lowest BCUT2D eigenvalue weighted by Gasteiger charge is -2.07. The molecule has 0 rings (SSSR count). The second-order valence-corrected chi connectivity index (χ2v) is 2.88. The van der Waals surface area contributed by atoms with Gasteiger partial charge < -0.3 is 5.32 Å². The van der Waals surface area contributed by atoms with Gasteiger partial charge in [-0.15, -0.1) is 13.2 Å². The van der Waals surface area contributed by atoms with Crippen LogP contribution in [0.25, 0.3) is 0 Å². The molecule has 0 aromatic heterocycles. The van der Waals surface area contributed by atoms with Gasteiger partial charge in [-0.2, -0.15) is 0 Å². The first-order chi connectivity index (χ1) is 5.56. The summed E-state index contributed by atoms with van der Waals surface area (Å²) in [5, 5.41) is 3.65. The third-order valence-corrected chi connectivity index (χ3v) is 1.59. The van der Waals surface area contributed by atoms with Crippen LogP contribution in [0, 0.1) is 0 Å². The summed E-state index contributed by atoms with van der Waals surface area (Å²) in [6.45, 7) is 0.602. The standard InChI is InChI=1S/C6H11BrF3NO/c7-2-1-3-11-4-5-12-6(8,9)10/h11H,1-5H2. The number of ether oxygens (including phenoxy) is 1. The molecule has 6 heteroatoms. The molecule has 0 atom stereocenters. The van der Waals surface area contributed by atoms with Gasteiger partial charge in [-0.05, 0) is 13.0 Å². The molecule has 0 fully saturated rings. The number of alkyl halides is 4. The van der Waals surface area contributed by atoms with E-state index in [0.29, 0.717) is 6.54 Å². The van der Waals surface area contributed by atoms with Crippen molar-refractivity contribution in [1.29, 1.82) is 0 Å². The van der Waals surface area contributed by atoms with Gasteiger partial charge in [0.15, 0.2) is 0 Å². The van der Waals surface area contributed by atoms with Crippen LogP contribution < -0.4 is 5.32 Å². The average molecular weight is 250 g/mol. The molecule has 0 radical (unpaired) electrons. The molecule has 0 aliphatic carbocycles. The van der Waals surface area contributed by atoms with Gasteiger partial charge in [0.2, 0.25) is 0 Å². The zero-order valence-electron chi connectivity index (χ0n) is 6.46. The Kier molecular flexibility index (Phi) is 6.78. The van der Waals surface area contributed by atoms with E-state index >= 15 is 0 Å². The van der Waals surface area contributed by atoms with Crippen molar-refractivity contribution in [1.82, 2.24) is 5.32 Å². The van der Waals surface area contributed by atoms with Gasteiger partial charge in [0.05, 0.1) is 6.61 Å². The summed E-state index contributed by atoms with van der Waals surface area (Å²) in [6.07, 6.45) is -3.61. The second kappa shape index (κ2) is 6.68. The molecule has 0 aliphatic rings. The van der Waals surface area contributed by atoms with Crippen LogP contribution >= 0.6 is 15.9 Å². The maximum atomic E-state index is 11.4. The molecular formula is C6H11BrF3NO. The number of nitrogens with one attached hydrogen (secondary N) is 1. The quantitative estimate of drug-likeness (QED) is 0.574. The van der Waals surface area contributed by atoms with Crippen molar-refractivity contribution in [3.8, 4) is 0 Å². The first-order valence-electron chi connectivity index (χ1n) is 3.53. The normalized spacial score (nSPS) is 12.0. The number of halogens is 4. The monoisotopic (exact) mass is 249 g/mol. The summed E-state index contributed by atoms with van der Waals surface area (Å²) in [4.78, 5) is 0. The van der Waals surface area contributed by atoms with E-state index < -0.39 is 6.36 Å². The molecule has 0 spiro atoms. The summed E-state index contributed by atoms with van der Waals surface area (Å²) in [6, 6.07) is 0. The zero-order valence-corrected chi connectivity index (χ0v) is 8.04. The summed E-state index contributed by atoms with van der Waals surface area (Å²) in [7, 11) is 0. The molecule has 0 aromatic rings. The fourth-order valence-electron chi connectivity index (χ4n) is 0.556. The van der Waals surface area contributed by atoms with Gasteiger partial charge in [-0.3, -0.25) is 4.74 Å². The van der Waals surface area contributed by atoms with Crippen molar-refractivity contribution in [2.24, 2.45) is 0 Å². The van der Waals surface area contributed by atoms with Crippen LogP contribution in [0.4, 0.5) is 13.2 Å². The molecule has 0 heterocycles. The van der Waals surface area contributed by atoms with E-state index in [0.717, 1.165) is 11.8 Å². The Bertz CT molecular complexity index is 109. The average Bonchev–Trinajstić information content (AvgIpc) is 1.94. The van der Waals surface area contributed by atoms with Crippen LogP contribution in [0.15, 0.2) is 0 Å². The van der Waals surface area contributed by atoms with Crippen LogP contribution in [0.3, 0.4) is 0 Å². The summed E-state index contributed by atoms with van der Waals surface area (Å²) < 4.78 is 37.7. The Morgan fingerprint density at radius 3 is 2.42 bits per heavy atom. The van der Waals surface area contributed by atoms with Crippen LogP contribution in [-0.2, 0) is 4.74 Å². The highest BCUT2D eigenvalue weighted by molar-refractivity contribution is 9.09. The molecule has 2 nitrogen and oxygen atoms in total. The van der Waals surface area contributed by atoms with Gasteiger partial charge >= 0.3 is 6.36 Å². The van der Waals surface area contributed by atoms with Crippen LogP contribution in [-0.4, -0.2) is 31.4 Å². The molecule has 1 N–H and O–H groups in total. The highest BCUT2D eigenvalue weighted by atomic mass is 79.9. The maximum absolute atomic E-state index is 11.4. The Morgan fingerprint density at radius 2 is 1.92 bits per heavy atom. The largest absolute Gasteiger partial charge is 0.522 e. The van der Waals surface area contributed by atoms with Crippen molar-refractivity contribution in [2.45, 2.75) is 12.8 Å². The number of hydrogen-bond donors (Lipinski definition) is 1. The van der Waals surface area contributed by atoms with Crippen molar-refractivity contribution < 1.29 is 17.9 Å². The van der Waals surface area contributed by atoms with E-state index in [2.05, 4.69) is 26.0 Å². The van der Waals surface area contributed by atoms with E-state index in [1.54, 1.807) is 0 Å².